The van der Waals surface area contributed by atoms with Crippen LogP contribution in [0.3, 0.4) is 0 Å². The summed E-state index contributed by atoms with van der Waals surface area (Å²) in [6, 6.07) is 5.20. The summed E-state index contributed by atoms with van der Waals surface area (Å²) in [6.45, 7) is 1.04. The van der Waals surface area contributed by atoms with Crippen LogP contribution in [0.15, 0.2) is 22.7 Å². The van der Waals surface area contributed by atoms with Crippen molar-refractivity contribution in [3.63, 3.8) is 0 Å². The van der Waals surface area contributed by atoms with Gasteiger partial charge >= 0.3 is 0 Å². The van der Waals surface area contributed by atoms with E-state index < -0.39 is 0 Å². The van der Waals surface area contributed by atoms with E-state index >= 15 is 0 Å². The number of carbonyl (C=O) groups is 1. The average molecular weight is 285 g/mol. The number of halogens is 1. The van der Waals surface area contributed by atoms with Gasteiger partial charge in [0.1, 0.15) is 12.0 Å². The maximum Gasteiger partial charge on any atom is 0.189 e. The second kappa shape index (κ2) is 5.46. The molecule has 1 fully saturated rings. The van der Waals surface area contributed by atoms with Gasteiger partial charge < -0.3 is 9.47 Å². The molecule has 0 atom stereocenters. The minimum Gasteiger partial charge on any atom is -0.466 e. The summed E-state index contributed by atoms with van der Waals surface area (Å²) in [4.78, 5) is 10.5. The van der Waals surface area contributed by atoms with Crippen LogP contribution >= 0.6 is 15.9 Å². The second-order valence-electron chi connectivity index (χ2n) is 3.88. The van der Waals surface area contributed by atoms with Crippen molar-refractivity contribution in [3.8, 4) is 5.75 Å². The van der Waals surface area contributed by atoms with E-state index in [4.69, 9.17) is 9.47 Å². The molecule has 1 aromatic carbocycles. The number of benzene rings is 1. The lowest BCUT2D eigenvalue weighted by atomic mass is 10.2. The first kappa shape index (κ1) is 11.6. The molecule has 16 heavy (non-hydrogen) atoms. The number of hydrogen-bond acceptors (Lipinski definition) is 3. The molecule has 1 aliphatic rings. The predicted octanol–water partition coefficient (Wildman–Crippen LogP) is 3.02. The first-order valence-corrected chi connectivity index (χ1v) is 6.04. The summed E-state index contributed by atoms with van der Waals surface area (Å²) in [7, 11) is 0. The zero-order chi connectivity index (χ0) is 11.4. The fourth-order valence-electron chi connectivity index (χ4n) is 1.31. The Morgan fingerprint density at radius 2 is 2.25 bits per heavy atom. The molecule has 0 aliphatic heterocycles. The van der Waals surface area contributed by atoms with E-state index in [-0.39, 0.29) is 6.79 Å². The molecule has 1 aromatic rings. The van der Waals surface area contributed by atoms with Crippen LogP contribution in [0.1, 0.15) is 23.2 Å². The van der Waals surface area contributed by atoms with Gasteiger partial charge in [-0.3, -0.25) is 4.79 Å². The highest BCUT2D eigenvalue weighted by molar-refractivity contribution is 9.10. The lowest BCUT2D eigenvalue weighted by Crippen LogP contribution is -2.05. The van der Waals surface area contributed by atoms with Crippen LogP contribution in [-0.4, -0.2) is 19.7 Å². The fourth-order valence-corrected chi connectivity index (χ4v) is 1.82. The molecule has 1 saturated carbocycles. The Balaban J connectivity index is 1.80. The molecular weight excluding hydrogens is 272 g/mol. The zero-order valence-electron chi connectivity index (χ0n) is 8.82. The van der Waals surface area contributed by atoms with E-state index in [1.165, 1.54) is 12.8 Å². The summed E-state index contributed by atoms with van der Waals surface area (Å²) in [5, 5.41) is 0. The standard InChI is InChI=1S/C12H13BrO3/c13-11-5-10(6-14)3-4-12(11)16-8-15-7-9-1-2-9/h3-6,9H,1-2,7-8H2. The summed E-state index contributed by atoms with van der Waals surface area (Å²) in [5.74, 6) is 1.44. The molecule has 1 aliphatic carbocycles. The molecule has 0 amide bonds. The summed E-state index contributed by atoms with van der Waals surface area (Å²) < 4.78 is 11.6. The highest BCUT2D eigenvalue weighted by Gasteiger charge is 2.21. The van der Waals surface area contributed by atoms with Crippen molar-refractivity contribution in [1.82, 2.24) is 0 Å². The summed E-state index contributed by atoms with van der Waals surface area (Å²) >= 11 is 3.34. The maximum atomic E-state index is 10.5. The van der Waals surface area contributed by atoms with Gasteiger partial charge in [0.2, 0.25) is 0 Å². The normalized spacial score (nSPS) is 14.8. The van der Waals surface area contributed by atoms with E-state index in [0.29, 0.717) is 11.3 Å². The first-order valence-electron chi connectivity index (χ1n) is 5.25. The van der Waals surface area contributed by atoms with Crippen molar-refractivity contribution < 1.29 is 14.3 Å². The number of hydrogen-bond donors (Lipinski definition) is 0. The third kappa shape index (κ3) is 3.32. The molecule has 0 bridgehead atoms. The van der Waals surface area contributed by atoms with Crippen LogP contribution in [0, 0.1) is 5.92 Å². The van der Waals surface area contributed by atoms with Crippen LogP contribution in [0.4, 0.5) is 0 Å². The first-order chi connectivity index (χ1) is 7.79. The molecule has 0 unspecified atom stereocenters. The van der Waals surface area contributed by atoms with Crippen LogP contribution in [0.5, 0.6) is 5.75 Å². The third-order valence-electron chi connectivity index (χ3n) is 2.44. The van der Waals surface area contributed by atoms with Crippen molar-refractivity contribution in [1.29, 1.82) is 0 Å². The highest BCUT2D eigenvalue weighted by Crippen LogP contribution is 2.29. The van der Waals surface area contributed by atoms with Gasteiger partial charge in [-0.15, -0.1) is 0 Å². The molecule has 0 N–H and O–H groups in total. The van der Waals surface area contributed by atoms with E-state index in [0.717, 1.165) is 23.3 Å². The SMILES string of the molecule is O=Cc1ccc(OCOCC2CC2)c(Br)c1. The monoisotopic (exact) mass is 284 g/mol. The minimum absolute atomic E-state index is 0.259. The second-order valence-corrected chi connectivity index (χ2v) is 4.74. The molecule has 3 nitrogen and oxygen atoms in total. The molecule has 0 spiro atoms. The number of rotatable bonds is 6. The van der Waals surface area contributed by atoms with Crippen molar-refractivity contribution in [2.75, 3.05) is 13.4 Å². The lowest BCUT2D eigenvalue weighted by molar-refractivity contribution is 0.00956. The van der Waals surface area contributed by atoms with Crippen molar-refractivity contribution in [2.45, 2.75) is 12.8 Å². The number of aldehydes is 1. The van der Waals surface area contributed by atoms with Crippen LogP contribution < -0.4 is 4.74 Å². The van der Waals surface area contributed by atoms with Gasteiger partial charge in [0.05, 0.1) is 11.1 Å². The Morgan fingerprint density at radius 1 is 1.44 bits per heavy atom. The molecule has 0 radical (unpaired) electrons. The molecule has 0 aromatic heterocycles. The zero-order valence-corrected chi connectivity index (χ0v) is 10.4. The Labute approximate surface area is 103 Å². The smallest absolute Gasteiger partial charge is 0.189 e. The van der Waals surface area contributed by atoms with Gasteiger partial charge in [0.15, 0.2) is 6.79 Å². The molecule has 4 heteroatoms. The minimum atomic E-state index is 0.259. The average Bonchev–Trinajstić information content (AvgIpc) is 3.10. The van der Waals surface area contributed by atoms with E-state index in [1.54, 1.807) is 18.2 Å². The molecule has 0 heterocycles. The molecule has 2 rings (SSSR count). The van der Waals surface area contributed by atoms with Crippen molar-refractivity contribution in [2.24, 2.45) is 5.92 Å². The molecule has 0 saturated heterocycles. The Bertz CT molecular complexity index is 375. The van der Waals surface area contributed by atoms with E-state index in [2.05, 4.69) is 15.9 Å². The Morgan fingerprint density at radius 3 is 2.88 bits per heavy atom. The van der Waals surface area contributed by atoms with Gasteiger partial charge in [-0.25, -0.2) is 0 Å². The molecular formula is C12H13BrO3. The number of carbonyl (C=O) groups excluding carboxylic acids is 1. The molecule has 86 valence electrons. The largest absolute Gasteiger partial charge is 0.466 e. The van der Waals surface area contributed by atoms with Crippen LogP contribution in [0.25, 0.3) is 0 Å². The van der Waals surface area contributed by atoms with Gasteiger partial charge in [-0.2, -0.15) is 0 Å². The van der Waals surface area contributed by atoms with Crippen molar-refractivity contribution in [3.05, 3.63) is 28.2 Å². The van der Waals surface area contributed by atoms with Crippen LogP contribution in [-0.2, 0) is 4.74 Å². The van der Waals surface area contributed by atoms with Crippen molar-refractivity contribution >= 4 is 22.2 Å². The van der Waals surface area contributed by atoms with Gasteiger partial charge in [0.25, 0.3) is 0 Å². The van der Waals surface area contributed by atoms with E-state index in [9.17, 15) is 4.79 Å². The quantitative estimate of drug-likeness (QED) is 0.458. The highest BCUT2D eigenvalue weighted by atomic mass is 79.9. The Kier molecular flexibility index (Phi) is 3.96. The third-order valence-corrected chi connectivity index (χ3v) is 3.06. The van der Waals surface area contributed by atoms with Gasteiger partial charge in [-0.1, -0.05) is 0 Å². The van der Waals surface area contributed by atoms with Gasteiger partial charge in [0, 0.05) is 5.56 Å². The van der Waals surface area contributed by atoms with Crippen LogP contribution in [0.2, 0.25) is 0 Å². The summed E-state index contributed by atoms with van der Waals surface area (Å²) in [5.41, 5.74) is 0.623. The topological polar surface area (TPSA) is 35.5 Å². The summed E-state index contributed by atoms with van der Waals surface area (Å²) in [6.07, 6.45) is 3.35. The number of ether oxygens (including phenoxy) is 2. The van der Waals surface area contributed by atoms with E-state index in [1.807, 2.05) is 0 Å². The fraction of sp³-hybridized carbons (Fsp3) is 0.417. The predicted molar refractivity (Wildman–Crippen MR) is 63.7 cm³/mol. The Hall–Kier alpha value is -0.870. The van der Waals surface area contributed by atoms with Gasteiger partial charge in [-0.05, 0) is 52.9 Å². The maximum absolute atomic E-state index is 10.5. The lowest BCUT2D eigenvalue weighted by Gasteiger charge is -2.08.